The second-order valence-corrected chi connectivity index (χ2v) is 6.15. The van der Waals surface area contributed by atoms with Crippen molar-refractivity contribution < 1.29 is 19.7 Å². The molecular formula is C14H21ClN2O4. The van der Waals surface area contributed by atoms with Crippen LogP contribution >= 0.6 is 11.6 Å². The van der Waals surface area contributed by atoms with Gasteiger partial charge in [-0.2, -0.15) is 0 Å². The molecule has 0 aliphatic heterocycles. The van der Waals surface area contributed by atoms with Gasteiger partial charge in [-0.05, 0) is 39.3 Å². The summed E-state index contributed by atoms with van der Waals surface area (Å²) < 4.78 is 5.04. The maximum absolute atomic E-state index is 11.5. The molecule has 2 unspecified atom stereocenters. The molecule has 1 aromatic rings. The lowest BCUT2D eigenvalue weighted by Crippen LogP contribution is -2.38. The average Bonchev–Trinajstić information content (AvgIpc) is 2.36. The first-order chi connectivity index (χ1) is 9.60. The summed E-state index contributed by atoms with van der Waals surface area (Å²) in [5.41, 5.74) is 0.494. The highest BCUT2D eigenvalue weighted by atomic mass is 35.5. The molecule has 1 amide bonds. The third-order valence-electron chi connectivity index (χ3n) is 2.54. The molecule has 1 aromatic heterocycles. The molecule has 3 N–H and O–H groups in total. The predicted octanol–water partition coefficient (Wildman–Crippen LogP) is 1.96. The molecule has 1 rings (SSSR count). The lowest BCUT2D eigenvalue weighted by molar-refractivity contribution is 0.0128. The van der Waals surface area contributed by atoms with Crippen molar-refractivity contribution in [1.82, 2.24) is 10.3 Å². The van der Waals surface area contributed by atoms with Crippen molar-refractivity contribution in [2.75, 3.05) is 6.54 Å². The molecule has 0 saturated heterocycles. The Labute approximate surface area is 129 Å². The maximum Gasteiger partial charge on any atom is 0.407 e. The summed E-state index contributed by atoms with van der Waals surface area (Å²) in [7, 11) is 0. The first kappa shape index (κ1) is 17.7. The van der Waals surface area contributed by atoms with Crippen LogP contribution in [0, 0.1) is 6.92 Å². The van der Waals surface area contributed by atoms with E-state index in [1.807, 2.05) is 0 Å². The van der Waals surface area contributed by atoms with Gasteiger partial charge in [0, 0.05) is 18.3 Å². The summed E-state index contributed by atoms with van der Waals surface area (Å²) in [5.74, 6) is 0. The topological polar surface area (TPSA) is 91.7 Å². The summed E-state index contributed by atoms with van der Waals surface area (Å²) in [5, 5.41) is 22.5. The number of aliphatic hydroxyl groups excluding tert-OH is 2. The van der Waals surface area contributed by atoms with Crippen molar-refractivity contribution in [2.45, 2.75) is 45.5 Å². The van der Waals surface area contributed by atoms with Gasteiger partial charge in [-0.1, -0.05) is 11.6 Å². The van der Waals surface area contributed by atoms with E-state index in [-0.39, 0.29) is 11.7 Å². The molecule has 2 atom stereocenters. The highest BCUT2D eigenvalue weighted by Gasteiger charge is 2.23. The van der Waals surface area contributed by atoms with E-state index in [9.17, 15) is 15.0 Å². The van der Waals surface area contributed by atoms with Gasteiger partial charge in [-0.15, -0.1) is 0 Å². The molecular weight excluding hydrogens is 296 g/mol. The van der Waals surface area contributed by atoms with E-state index in [1.165, 1.54) is 0 Å². The fourth-order valence-electron chi connectivity index (χ4n) is 1.60. The molecule has 0 spiro atoms. The predicted molar refractivity (Wildman–Crippen MR) is 79.2 cm³/mol. The van der Waals surface area contributed by atoms with E-state index >= 15 is 0 Å². The van der Waals surface area contributed by atoms with Crippen LogP contribution in [0.5, 0.6) is 0 Å². The minimum Gasteiger partial charge on any atom is -0.444 e. The summed E-state index contributed by atoms with van der Waals surface area (Å²) >= 11 is 5.89. The van der Waals surface area contributed by atoms with Gasteiger partial charge >= 0.3 is 6.09 Å². The number of halogens is 1. The Morgan fingerprint density at radius 1 is 1.48 bits per heavy atom. The van der Waals surface area contributed by atoms with Crippen molar-refractivity contribution in [3.8, 4) is 0 Å². The van der Waals surface area contributed by atoms with Gasteiger partial charge in [0.05, 0.1) is 0 Å². The van der Waals surface area contributed by atoms with Gasteiger partial charge in [0.2, 0.25) is 0 Å². The molecule has 0 bridgehead atoms. The summed E-state index contributed by atoms with van der Waals surface area (Å²) in [6, 6.07) is 1.64. The van der Waals surface area contributed by atoms with Crippen molar-refractivity contribution in [2.24, 2.45) is 0 Å². The van der Waals surface area contributed by atoms with E-state index in [0.717, 1.165) is 5.56 Å². The van der Waals surface area contributed by atoms with Crippen molar-refractivity contribution >= 4 is 17.7 Å². The largest absolute Gasteiger partial charge is 0.444 e. The molecule has 7 heteroatoms. The van der Waals surface area contributed by atoms with Crippen LogP contribution in [-0.2, 0) is 4.74 Å². The van der Waals surface area contributed by atoms with Crippen LogP contribution in [0.3, 0.4) is 0 Å². The minimum atomic E-state index is -1.25. The van der Waals surface area contributed by atoms with Gasteiger partial charge in [-0.3, -0.25) is 0 Å². The molecule has 118 valence electrons. The highest BCUT2D eigenvalue weighted by Crippen LogP contribution is 2.24. The highest BCUT2D eigenvalue weighted by molar-refractivity contribution is 6.30. The monoisotopic (exact) mass is 316 g/mol. The van der Waals surface area contributed by atoms with Crippen LogP contribution in [0.25, 0.3) is 0 Å². The molecule has 1 heterocycles. The lowest BCUT2D eigenvalue weighted by atomic mass is 10.1. The zero-order chi connectivity index (χ0) is 16.2. The fraction of sp³-hybridized carbons (Fsp3) is 0.571. The molecule has 0 aliphatic carbocycles. The molecule has 0 aromatic carbocycles. The van der Waals surface area contributed by atoms with Gasteiger partial charge in [-0.25, -0.2) is 9.78 Å². The molecule has 21 heavy (non-hydrogen) atoms. The lowest BCUT2D eigenvalue weighted by Gasteiger charge is -2.22. The third kappa shape index (κ3) is 5.87. The number of nitrogens with one attached hydrogen (secondary N) is 1. The Hall–Kier alpha value is -1.37. The Kier molecular flexibility index (Phi) is 5.95. The number of aliphatic hydroxyl groups is 2. The molecule has 0 radical (unpaired) electrons. The second kappa shape index (κ2) is 7.06. The Morgan fingerprint density at radius 3 is 2.67 bits per heavy atom. The van der Waals surface area contributed by atoms with Crippen LogP contribution in [0.1, 0.15) is 38.0 Å². The molecule has 6 nitrogen and oxygen atoms in total. The smallest absolute Gasteiger partial charge is 0.407 e. The van der Waals surface area contributed by atoms with E-state index in [4.69, 9.17) is 16.3 Å². The van der Waals surface area contributed by atoms with E-state index < -0.39 is 23.9 Å². The van der Waals surface area contributed by atoms with E-state index in [1.54, 1.807) is 40.0 Å². The van der Waals surface area contributed by atoms with Crippen LogP contribution in [-0.4, -0.2) is 39.5 Å². The first-order valence-electron chi connectivity index (χ1n) is 6.55. The number of carbonyl (C=O) groups excluding carboxylic acids is 1. The Bertz CT molecular complexity index is 502. The maximum atomic E-state index is 11.5. The second-order valence-electron chi connectivity index (χ2n) is 5.79. The zero-order valence-electron chi connectivity index (χ0n) is 12.6. The number of hydrogen-bond donors (Lipinski definition) is 3. The number of rotatable bonds is 4. The number of ether oxygens (including phenoxy) is 1. The van der Waals surface area contributed by atoms with E-state index in [2.05, 4.69) is 10.3 Å². The van der Waals surface area contributed by atoms with Crippen molar-refractivity contribution in [1.29, 1.82) is 0 Å². The molecule has 0 fully saturated rings. The van der Waals surface area contributed by atoms with Crippen LogP contribution < -0.4 is 5.32 Å². The summed E-state index contributed by atoms with van der Waals surface area (Å²) in [6.45, 7) is 6.83. The van der Waals surface area contributed by atoms with Gasteiger partial charge in [0.25, 0.3) is 0 Å². The Morgan fingerprint density at radius 2 is 2.10 bits per heavy atom. The van der Waals surface area contributed by atoms with Crippen LogP contribution in [0.15, 0.2) is 12.3 Å². The minimum absolute atomic E-state index is 0.115. The number of aryl methyl sites for hydroxylation is 1. The quantitative estimate of drug-likeness (QED) is 0.739. The van der Waals surface area contributed by atoms with Crippen LogP contribution in [0.2, 0.25) is 5.15 Å². The third-order valence-corrected chi connectivity index (χ3v) is 2.86. The number of alkyl carbamates (subject to hydrolysis) is 1. The number of nitrogens with zero attached hydrogens (tertiary/aromatic N) is 1. The molecule has 0 aliphatic rings. The number of carbonyl (C=O) groups is 1. The Balaban J connectivity index is 2.61. The summed E-state index contributed by atoms with van der Waals surface area (Å²) in [4.78, 5) is 15.4. The molecule has 0 saturated carbocycles. The zero-order valence-corrected chi connectivity index (χ0v) is 13.3. The fourth-order valence-corrected chi connectivity index (χ4v) is 1.82. The van der Waals surface area contributed by atoms with Crippen molar-refractivity contribution in [3.05, 3.63) is 28.5 Å². The summed E-state index contributed by atoms with van der Waals surface area (Å²) in [6.07, 6.45) is -1.58. The standard InChI is InChI=1S/C14H21ClN2O4/c1-8-5-9(12(15)16-6-8)11(19)10(18)7-17-13(20)21-14(2,3)4/h5-6,10-11,18-19H,7H2,1-4H3,(H,17,20). The van der Waals surface area contributed by atoms with Crippen molar-refractivity contribution in [3.63, 3.8) is 0 Å². The van der Waals surface area contributed by atoms with Gasteiger partial charge < -0.3 is 20.3 Å². The van der Waals surface area contributed by atoms with Gasteiger partial charge in [0.15, 0.2) is 0 Å². The number of aromatic nitrogens is 1. The number of amides is 1. The average molecular weight is 317 g/mol. The normalized spacial score (nSPS) is 14.4. The number of hydrogen-bond acceptors (Lipinski definition) is 5. The SMILES string of the molecule is Cc1cnc(Cl)c(C(O)C(O)CNC(=O)OC(C)(C)C)c1. The first-order valence-corrected chi connectivity index (χ1v) is 6.93. The van der Waals surface area contributed by atoms with Gasteiger partial charge in [0.1, 0.15) is 23.0 Å². The van der Waals surface area contributed by atoms with Crippen LogP contribution in [0.4, 0.5) is 4.79 Å². The number of pyridine rings is 1. The van der Waals surface area contributed by atoms with E-state index in [0.29, 0.717) is 5.56 Å².